The van der Waals surface area contributed by atoms with Crippen LogP contribution in [-0.4, -0.2) is 17.2 Å². The van der Waals surface area contributed by atoms with Gasteiger partial charge in [0.05, 0.1) is 0 Å². The number of phenolic OH excluding ortho intramolecular Hbond substituents is 1. The van der Waals surface area contributed by atoms with Gasteiger partial charge < -0.3 is 9.84 Å². The van der Waals surface area contributed by atoms with Gasteiger partial charge in [0, 0.05) is 0 Å². The third-order valence-corrected chi connectivity index (χ3v) is 2.94. The molecule has 0 amide bonds. The first-order valence-electron chi connectivity index (χ1n) is 6.27. The molecule has 0 aliphatic heterocycles. The summed E-state index contributed by atoms with van der Waals surface area (Å²) in [6.45, 7) is 0. The Morgan fingerprint density at radius 1 is 0.783 bits per heavy atom. The second-order valence-corrected chi connectivity index (χ2v) is 4.65. The van der Waals surface area contributed by atoms with Crippen LogP contribution in [0.2, 0.25) is 0 Å². The molecule has 0 fully saturated rings. The molecule has 0 aromatic heterocycles. The lowest BCUT2D eigenvalue weighted by Gasteiger charge is -2.23. The second-order valence-electron chi connectivity index (χ2n) is 4.65. The average molecular weight is 336 g/mol. The summed E-state index contributed by atoms with van der Waals surface area (Å²) in [5.74, 6) is -5.07. The van der Waals surface area contributed by atoms with E-state index in [1.807, 2.05) is 0 Å². The van der Waals surface area contributed by atoms with Gasteiger partial charge in [-0.1, -0.05) is 12.1 Å². The molecule has 0 radical (unpaired) electrons. The van der Waals surface area contributed by atoms with Gasteiger partial charge in [0.1, 0.15) is 17.2 Å². The van der Waals surface area contributed by atoms with Crippen LogP contribution in [-0.2, 0) is 0 Å². The minimum Gasteiger partial charge on any atom is -0.508 e. The van der Waals surface area contributed by atoms with Crippen LogP contribution in [0.5, 0.6) is 17.2 Å². The van der Waals surface area contributed by atoms with Gasteiger partial charge in [-0.15, -0.1) is 0 Å². The predicted molar refractivity (Wildman–Crippen MR) is 69.5 cm³/mol. The number of ether oxygens (including phenoxy) is 1. The van der Waals surface area contributed by atoms with Gasteiger partial charge in [-0.3, -0.25) is 0 Å². The van der Waals surface area contributed by atoms with Crippen molar-refractivity contribution < 1.29 is 36.2 Å². The smallest absolute Gasteiger partial charge is 0.456 e. The molecule has 124 valence electrons. The van der Waals surface area contributed by atoms with Crippen LogP contribution >= 0.6 is 0 Å². The molecule has 0 aliphatic rings. The summed E-state index contributed by atoms with van der Waals surface area (Å²) in [5, 5.41) is 9.10. The summed E-state index contributed by atoms with van der Waals surface area (Å²) in [4.78, 5) is 0. The zero-order valence-corrected chi connectivity index (χ0v) is 11.3. The minimum absolute atomic E-state index is 0.00218. The molecule has 0 saturated carbocycles. The molecule has 8 heteroatoms. The predicted octanol–water partition coefficient (Wildman–Crippen LogP) is 5.39. The number of phenols is 1. The summed E-state index contributed by atoms with van der Waals surface area (Å²) >= 11 is 0. The molecular weight excluding hydrogens is 326 g/mol. The Kier molecular flexibility index (Phi) is 4.44. The summed E-state index contributed by atoms with van der Waals surface area (Å²) < 4.78 is 81.0. The van der Waals surface area contributed by atoms with Gasteiger partial charge in [0.25, 0.3) is 0 Å². The van der Waals surface area contributed by atoms with Gasteiger partial charge >= 0.3 is 12.1 Å². The van der Waals surface area contributed by atoms with Gasteiger partial charge in [-0.05, 0) is 42.0 Å². The van der Waals surface area contributed by atoms with Gasteiger partial charge in [-0.2, -0.15) is 22.0 Å². The first-order valence-corrected chi connectivity index (χ1v) is 6.27. The molecule has 0 saturated heterocycles. The van der Waals surface area contributed by atoms with E-state index in [2.05, 4.69) is 0 Å². The molecule has 23 heavy (non-hydrogen) atoms. The van der Waals surface area contributed by atoms with Crippen LogP contribution < -0.4 is 4.74 Å². The average Bonchev–Trinajstić information content (AvgIpc) is 2.48. The number of hydrogen-bond donors (Lipinski definition) is 1. The van der Waals surface area contributed by atoms with Gasteiger partial charge in [-0.25, -0.2) is 4.39 Å². The lowest BCUT2D eigenvalue weighted by atomic mass is 10.0. The van der Waals surface area contributed by atoms with Crippen LogP contribution in [0.1, 0.15) is 11.7 Å². The Morgan fingerprint density at radius 3 is 1.65 bits per heavy atom. The lowest BCUT2D eigenvalue weighted by Crippen LogP contribution is -2.40. The summed E-state index contributed by atoms with van der Waals surface area (Å²) in [6.07, 6.45) is -9.49. The number of alkyl halides is 6. The van der Waals surface area contributed by atoms with E-state index >= 15 is 0 Å². The molecule has 2 rings (SSSR count). The number of hydrogen-bond acceptors (Lipinski definition) is 2. The first-order chi connectivity index (χ1) is 10.6. The van der Waals surface area contributed by atoms with Crippen LogP contribution in [0.25, 0.3) is 0 Å². The van der Waals surface area contributed by atoms with E-state index in [1.165, 1.54) is 24.3 Å². The lowest BCUT2D eigenvalue weighted by molar-refractivity contribution is -0.305. The molecule has 0 aliphatic carbocycles. The Labute approximate surface area is 126 Å². The summed E-state index contributed by atoms with van der Waals surface area (Å²) in [6, 6.07) is 9.23. The van der Waals surface area contributed by atoms with Crippen molar-refractivity contribution in [3.63, 3.8) is 0 Å². The molecule has 1 atom stereocenters. The monoisotopic (exact) mass is 336 g/mol. The van der Waals surface area contributed by atoms with E-state index in [1.54, 1.807) is 0 Å². The van der Waals surface area contributed by atoms with Gasteiger partial charge in [0.15, 0.2) is 6.17 Å². The van der Waals surface area contributed by atoms with Crippen molar-refractivity contribution in [2.45, 2.75) is 18.3 Å². The number of benzene rings is 2. The highest BCUT2D eigenvalue weighted by atomic mass is 19.4. The fraction of sp³-hybridized carbons (Fsp3) is 0.200. The van der Waals surface area contributed by atoms with E-state index in [0.717, 1.165) is 24.3 Å². The zero-order valence-electron chi connectivity index (χ0n) is 11.3. The van der Waals surface area contributed by atoms with Crippen LogP contribution in [0.4, 0.5) is 26.3 Å². The summed E-state index contributed by atoms with van der Waals surface area (Å²) in [7, 11) is 0. The highest BCUT2D eigenvalue weighted by molar-refractivity contribution is 5.36. The van der Waals surface area contributed by atoms with Crippen molar-refractivity contribution in [2.75, 3.05) is 0 Å². The second kappa shape index (κ2) is 6.02. The molecular formula is C15H10F6O2. The van der Waals surface area contributed by atoms with Crippen molar-refractivity contribution in [1.82, 2.24) is 0 Å². The Bertz CT molecular complexity index is 649. The maximum absolute atomic E-state index is 13.5. The minimum atomic E-state index is -5.98. The molecule has 1 unspecified atom stereocenters. The maximum Gasteiger partial charge on any atom is 0.456 e. The number of rotatable bonds is 4. The van der Waals surface area contributed by atoms with Crippen molar-refractivity contribution in [1.29, 1.82) is 0 Å². The SMILES string of the molecule is Oc1ccc(Oc2ccc(C(F)C(F)(F)C(F)(F)F)cc2)cc1. The Balaban J connectivity index is 2.14. The normalized spacial score (nSPS) is 13.7. The number of aromatic hydroxyl groups is 1. The van der Waals surface area contributed by atoms with E-state index in [9.17, 15) is 26.3 Å². The van der Waals surface area contributed by atoms with Crippen LogP contribution in [0.3, 0.4) is 0 Å². The molecule has 2 aromatic carbocycles. The first kappa shape index (κ1) is 17.0. The third kappa shape index (κ3) is 3.69. The Hall–Kier alpha value is -2.38. The van der Waals surface area contributed by atoms with E-state index in [4.69, 9.17) is 9.84 Å². The largest absolute Gasteiger partial charge is 0.508 e. The highest BCUT2D eigenvalue weighted by Gasteiger charge is 2.63. The van der Waals surface area contributed by atoms with Crippen molar-refractivity contribution in [3.8, 4) is 17.2 Å². The van der Waals surface area contributed by atoms with Gasteiger partial charge in [0.2, 0.25) is 0 Å². The third-order valence-electron chi connectivity index (χ3n) is 2.94. The topological polar surface area (TPSA) is 29.5 Å². The maximum atomic E-state index is 13.5. The molecule has 0 spiro atoms. The fourth-order valence-electron chi connectivity index (χ4n) is 1.71. The van der Waals surface area contributed by atoms with Crippen molar-refractivity contribution in [3.05, 3.63) is 54.1 Å². The molecule has 2 nitrogen and oxygen atoms in total. The van der Waals surface area contributed by atoms with Crippen molar-refractivity contribution >= 4 is 0 Å². The van der Waals surface area contributed by atoms with E-state index in [-0.39, 0.29) is 11.5 Å². The Morgan fingerprint density at radius 2 is 1.22 bits per heavy atom. The highest BCUT2D eigenvalue weighted by Crippen LogP contribution is 2.46. The van der Waals surface area contributed by atoms with E-state index in [0.29, 0.717) is 5.75 Å². The standard InChI is InChI=1S/C15H10F6O2/c16-13(14(17,18)15(19,20)21)9-1-5-11(6-2-9)23-12-7-3-10(22)4-8-12/h1-8,13,22H. The quantitative estimate of drug-likeness (QED) is 0.758. The van der Waals surface area contributed by atoms with Crippen LogP contribution in [0.15, 0.2) is 48.5 Å². The molecule has 0 bridgehead atoms. The zero-order chi connectivity index (χ0) is 17.3. The molecule has 2 aromatic rings. The number of halogens is 6. The van der Waals surface area contributed by atoms with Crippen molar-refractivity contribution in [2.24, 2.45) is 0 Å². The molecule has 0 heterocycles. The summed E-state index contributed by atoms with van der Waals surface area (Å²) in [5.41, 5.74) is -0.814. The fourth-order valence-corrected chi connectivity index (χ4v) is 1.71. The molecule has 1 N–H and O–H groups in total. The van der Waals surface area contributed by atoms with Crippen LogP contribution in [0, 0.1) is 0 Å². The van der Waals surface area contributed by atoms with E-state index < -0.39 is 23.8 Å².